The number of carbonyl (C=O) groups excluding carboxylic acids is 2. The molecule has 0 saturated carbocycles. The highest BCUT2D eigenvalue weighted by Crippen LogP contribution is 2.21. The second-order valence-corrected chi connectivity index (χ2v) is 3.90. The molecule has 4 heteroatoms. The Labute approximate surface area is 105 Å². The monoisotopic (exact) mass is 246 g/mol. The molecule has 0 unspecified atom stereocenters. The molecule has 1 aromatic rings. The summed E-state index contributed by atoms with van der Waals surface area (Å²) >= 11 is 0. The molecular weight excluding hydrogens is 232 g/mol. The highest BCUT2D eigenvalue weighted by molar-refractivity contribution is 5.93. The molecule has 0 aliphatic carbocycles. The second-order valence-electron chi connectivity index (χ2n) is 3.90. The van der Waals surface area contributed by atoms with Crippen molar-refractivity contribution in [1.29, 1.82) is 0 Å². The first-order valence-electron chi connectivity index (χ1n) is 5.83. The van der Waals surface area contributed by atoms with Crippen LogP contribution in [-0.4, -0.2) is 18.5 Å². The molecule has 1 heterocycles. The lowest BCUT2D eigenvalue weighted by molar-refractivity contribution is -0.142. The van der Waals surface area contributed by atoms with Gasteiger partial charge in [0.25, 0.3) is 0 Å². The van der Waals surface area contributed by atoms with Crippen molar-refractivity contribution in [2.45, 2.75) is 20.0 Å². The third kappa shape index (κ3) is 2.77. The Kier molecular flexibility index (Phi) is 3.77. The van der Waals surface area contributed by atoms with E-state index < -0.39 is 0 Å². The van der Waals surface area contributed by atoms with E-state index in [-0.39, 0.29) is 18.4 Å². The first-order chi connectivity index (χ1) is 8.70. The van der Waals surface area contributed by atoms with Crippen molar-refractivity contribution in [1.82, 2.24) is 0 Å². The van der Waals surface area contributed by atoms with Gasteiger partial charge in [-0.2, -0.15) is 0 Å². The zero-order valence-electron chi connectivity index (χ0n) is 10.1. The van der Waals surface area contributed by atoms with Crippen molar-refractivity contribution in [3.05, 3.63) is 41.0 Å². The highest BCUT2D eigenvalue weighted by Gasteiger charge is 2.20. The van der Waals surface area contributed by atoms with E-state index in [0.717, 1.165) is 11.1 Å². The van der Waals surface area contributed by atoms with Gasteiger partial charge in [0.1, 0.15) is 6.61 Å². The standard InChI is InChI=1S/C14H14O4/c1-2-17-13(15)5-3-4-10-6-7-12-11(8-10)9-18-14(12)16/h3-4,6-8H,2,5,9H2,1H3. The summed E-state index contributed by atoms with van der Waals surface area (Å²) in [7, 11) is 0. The van der Waals surface area contributed by atoms with E-state index >= 15 is 0 Å². The van der Waals surface area contributed by atoms with Crippen LogP contribution in [0.3, 0.4) is 0 Å². The maximum atomic E-state index is 11.3. The molecule has 0 spiro atoms. The molecule has 0 N–H and O–H groups in total. The molecule has 0 fully saturated rings. The number of carbonyl (C=O) groups is 2. The maximum Gasteiger partial charge on any atom is 0.338 e. The summed E-state index contributed by atoms with van der Waals surface area (Å²) in [6, 6.07) is 5.46. The summed E-state index contributed by atoms with van der Waals surface area (Å²) in [4.78, 5) is 22.4. The molecule has 0 aromatic heterocycles. The van der Waals surface area contributed by atoms with Crippen molar-refractivity contribution in [3.8, 4) is 0 Å². The fourth-order valence-corrected chi connectivity index (χ4v) is 1.77. The number of esters is 2. The summed E-state index contributed by atoms with van der Waals surface area (Å²) in [5.74, 6) is -0.513. The average Bonchev–Trinajstić information content (AvgIpc) is 2.71. The van der Waals surface area contributed by atoms with Gasteiger partial charge in [0, 0.05) is 5.56 Å². The van der Waals surface area contributed by atoms with Crippen molar-refractivity contribution in [2.24, 2.45) is 0 Å². The number of cyclic esters (lactones) is 1. The molecule has 1 aromatic carbocycles. The SMILES string of the molecule is CCOC(=O)CC=Cc1ccc2c(c1)COC2=O. The minimum atomic E-state index is -0.271. The molecule has 0 saturated heterocycles. The van der Waals surface area contributed by atoms with Crippen molar-refractivity contribution in [2.75, 3.05) is 6.61 Å². The topological polar surface area (TPSA) is 52.6 Å². The molecule has 0 bridgehead atoms. The van der Waals surface area contributed by atoms with Gasteiger partial charge in [0.2, 0.25) is 0 Å². The number of hydrogen-bond donors (Lipinski definition) is 0. The number of fused-ring (bicyclic) bond motifs is 1. The van der Waals surface area contributed by atoms with Crippen LogP contribution >= 0.6 is 0 Å². The Morgan fingerprint density at radius 1 is 1.50 bits per heavy atom. The van der Waals surface area contributed by atoms with Crippen molar-refractivity contribution < 1.29 is 19.1 Å². The van der Waals surface area contributed by atoms with E-state index in [1.54, 1.807) is 19.1 Å². The Bertz CT molecular complexity index is 503. The predicted octanol–water partition coefficient (Wildman–Crippen LogP) is 2.32. The Morgan fingerprint density at radius 3 is 3.11 bits per heavy atom. The van der Waals surface area contributed by atoms with Crippen molar-refractivity contribution in [3.63, 3.8) is 0 Å². The van der Waals surface area contributed by atoms with E-state index in [9.17, 15) is 9.59 Å². The summed E-state index contributed by atoms with van der Waals surface area (Å²) in [6.07, 6.45) is 3.83. The van der Waals surface area contributed by atoms with Gasteiger partial charge in [-0.1, -0.05) is 18.2 Å². The molecule has 94 valence electrons. The van der Waals surface area contributed by atoms with Gasteiger partial charge in [0.05, 0.1) is 18.6 Å². The van der Waals surface area contributed by atoms with Crippen LogP contribution in [-0.2, 0) is 20.9 Å². The Hall–Kier alpha value is -2.10. The lowest BCUT2D eigenvalue weighted by Crippen LogP contribution is -2.01. The van der Waals surface area contributed by atoms with E-state index in [4.69, 9.17) is 9.47 Å². The van der Waals surface area contributed by atoms with E-state index in [2.05, 4.69) is 0 Å². The van der Waals surface area contributed by atoms with E-state index in [1.165, 1.54) is 0 Å². The predicted molar refractivity (Wildman–Crippen MR) is 65.8 cm³/mol. The van der Waals surface area contributed by atoms with Crippen LogP contribution in [0.5, 0.6) is 0 Å². The maximum absolute atomic E-state index is 11.3. The van der Waals surface area contributed by atoms with Gasteiger partial charge in [-0.3, -0.25) is 4.79 Å². The van der Waals surface area contributed by atoms with Gasteiger partial charge < -0.3 is 9.47 Å². The van der Waals surface area contributed by atoms with Crippen LogP contribution in [0.4, 0.5) is 0 Å². The quantitative estimate of drug-likeness (QED) is 0.765. The normalized spacial score (nSPS) is 13.5. The lowest BCUT2D eigenvalue weighted by atomic mass is 10.1. The minimum Gasteiger partial charge on any atom is -0.466 e. The molecule has 0 atom stereocenters. The zero-order valence-corrected chi connectivity index (χ0v) is 10.1. The van der Waals surface area contributed by atoms with Gasteiger partial charge in [-0.25, -0.2) is 4.79 Å². The van der Waals surface area contributed by atoms with Gasteiger partial charge in [-0.15, -0.1) is 0 Å². The van der Waals surface area contributed by atoms with E-state index in [1.807, 2.05) is 18.2 Å². The fourth-order valence-electron chi connectivity index (χ4n) is 1.77. The van der Waals surface area contributed by atoms with Gasteiger partial charge in [-0.05, 0) is 24.6 Å². The third-order valence-electron chi connectivity index (χ3n) is 2.61. The number of rotatable bonds is 4. The Balaban J connectivity index is 2.01. The molecule has 0 amide bonds. The minimum absolute atomic E-state index is 0.242. The highest BCUT2D eigenvalue weighted by atomic mass is 16.5. The van der Waals surface area contributed by atoms with E-state index in [0.29, 0.717) is 18.8 Å². The molecule has 1 aliphatic rings. The second kappa shape index (κ2) is 5.49. The van der Waals surface area contributed by atoms with Crippen LogP contribution in [0.15, 0.2) is 24.3 Å². The summed E-state index contributed by atoms with van der Waals surface area (Å²) in [5.41, 5.74) is 2.45. The van der Waals surface area contributed by atoms with Crippen LogP contribution in [0.1, 0.15) is 34.8 Å². The van der Waals surface area contributed by atoms with Crippen LogP contribution < -0.4 is 0 Å². The average molecular weight is 246 g/mol. The third-order valence-corrected chi connectivity index (χ3v) is 2.61. The smallest absolute Gasteiger partial charge is 0.338 e. The first-order valence-corrected chi connectivity index (χ1v) is 5.83. The molecule has 18 heavy (non-hydrogen) atoms. The molecule has 1 aliphatic heterocycles. The van der Waals surface area contributed by atoms with Crippen LogP contribution in [0, 0.1) is 0 Å². The van der Waals surface area contributed by atoms with Crippen LogP contribution in [0.2, 0.25) is 0 Å². The first kappa shape index (κ1) is 12.4. The number of benzene rings is 1. The zero-order chi connectivity index (χ0) is 13.0. The largest absolute Gasteiger partial charge is 0.466 e. The summed E-state index contributed by atoms with van der Waals surface area (Å²) in [6.45, 7) is 2.50. The fraction of sp³-hybridized carbons (Fsp3) is 0.286. The van der Waals surface area contributed by atoms with Crippen LogP contribution in [0.25, 0.3) is 6.08 Å². The van der Waals surface area contributed by atoms with Crippen molar-refractivity contribution >= 4 is 18.0 Å². The molecule has 4 nitrogen and oxygen atoms in total. The molecule has 0 radical (unpaired) electrons. The summed E-state index contributed by atoms with van der Waals surface area (Å²) in [5, 5.41) is 0. The number of hydrogen-bond acceptors (Lipinski definition) is 4. The Morgan fingerprint density at radius 2 is 2.33 bits per heavy atom. The lowest BCUT2D eigenvalue weighted by Gasteiger charge is -1.98. The number of ether oxygens (including phenoxy) is 2. The molecule has 2 rings (SSSR count). The van der Waals surface area contributed by atoms with Gasteiger partial charge >= 0.3 is 11.9 Å². The van der Waals surface area contributed by atoms with Gasteiger partial charge in [0.15, 0.2) is 0 Å². The molecular formula is C14H14O4. The summed E-state index contributed by atoms with van der Waals surface area (Å²) < 4.78 is 9.73.